The van der Waals surface area contributed by atoms with Gasteiger partial charge in [0.25, 0.3) is 0 Å². The molecule has 1 unspecified atom stereocenters. The van der Waals surface area contributed by atoms with Gasteiger partial charge in [-0.15, -0.1) is 0 Å². The van der Waals surface area contributed by atoms with Gasteiger partial charge >= 0.3 is 26.4 Å². The summed E-state index contributed by atoms with van der Waals surface area (Å²) in [6, 6.07) is 0. The normalized spacial score (nSPS) is 17.2. The summed E-state index contributed by atoms with van der Waals surface area (Å²) in [5.41, 5.74) is 0. The molecule has 0 rings (SSSR count). The zero-order chi connectivity index (χ0) is 13.0. The maximum absolute atomic E-state index is 9.75. The van der Waals surface area contributed by atoms with E-state index in [-0.39, 0.29) is 0 Å². The summed E-state index contributed by atoms with van der Waals surface area (Å²) in [5, 5.41) is 0. The molecule has 98 valence electrons. The standard InChI is InChI=1S/C6H20O7Si3/c1-9-15(6,7)12-14(4,5)13-16(8,10-2)11-3/h7-8H,1-6H3. The highest BCUT2D eigenvalue weighted by molar-refractivity contribution is 6.80. The predicted molar refractivity (Wildman–Crippen MR) is 62.5 cm³/mol. The molecule has 0 radical (unpaired) electrons. The molecule has 0 heterocycles. The molecule has 0 aliphatic carbocycles. The Morgan fingerprint density at radius 2 is 1.19 bits per heavy atom. The maximum atomic E-state index is 9.75. The van der Waals surface area contributed by atoms with Gasteiger partial charge in [-0.1, -0.05) is 0 Å². The Balaban J connectivity index is 4.56. The molecule has 0 saturated carbocycles. The second-order valence-corrected chi connectivity index (χ2v) is 12.1. The highest BCUT2D eigenvalue weighted by Crippen LogP contribution is 2.18. The minimum atomic E-state index is -3.65. The van der Waals surface area contributed by atoms with Crippen molar-refractivity contribution in [1.82, 2.24) is 0 Å². The quantitative estimate of drug-likeness (QED) is 0.619. The van der Waals surface area contributed by atoms with Crippen LogP contribution in [0.4, 0.5) is 0 Å². The van der Waals surface area contributed by atoms with Gasteiger partial charge in [-0.3, -0.25) is 0 Å². The summed E-state index contributed by atoms with van der Waals surface area (Å²) in [5.74, 6) is 0. The molecule has 1 atom stereocenters. The van der Waals surface area contributed by atoms with Crippen LogP contribution in [-0.2, 0) is 21.5 Å². The van der Waals surface area contributed by atoms with Crippen molar-refractivity contribution < 1.29 is 31.1 Å². The molecule has 0 amide bonds. The molecule has 0 aromatic heterocycles. The van der Waals surface area contributed by atoms with Gasteiger partial charge in [0.1, 0.15) is 0 Å². The Kier molecular flexibility index (Phi) is 5.95. The van der Waals surface area contributed by atoms with Gasteiger partial charge in [0, 0.05) is 27.9 Å². The van der Waals surface area contributed by atoms with Gasteiger partial charge < -0.3 is 31.1 Å². The van der Waals surface area contributed by atoms with E-state index in [9.17, 15) is 9.59 Å². The van der Waals surface area contributed by atoms with Crippen molar-refractivity contribution in [3.05, 3.63) is 0 Å². The number of rotatable bonds is 7. The fourth-order valence-corrected chi connectivity index (χ4v) is 8.84. The van der Waals surface area contributed by atoms with Gasteiger partial charge in [-0.25, -0.2) is 0 Å². The fraction of sp³-hybridized carbons (Fsp3) is 1.00. The smallest absolute Gasteiger partial charge is 0.394 e. The molecule has 0 aromatic carbocycles. The molecule has 0 spiro atoms. The fourth-order valence-electron chi connectivity index (χ4n) is 0.996. The van der Waals surface area contributed by atoms with E-state index >= 15 is 0 Å². The highest BCUT2D eigenvalue weighted by Gasteiger charge is 2.49. The Morgan fingerprint density at radius 3 is 1.50 bits per heavy atom. The van der Waals surface area contributed by atoms with Gasteiger partial charge in [0.15, 0.2) is 0 Å². The van der Waals surface area contributed by atoms with Gasteiger partial charge in [-0.2, -0.15) is 0 Å². The lowest BCUT2D eigenvalue weighted by Crippen LogP contribution is -2.58. The second-order valence-electron chi connectivity index (χ2n) is 3.64. The average molecular weight is 288 g/mol. The first-order chi connectivity index (χ1) is 7.10. The van der Waals surface area contributed by atoms with Gasteiger partial charge in [0.05, 0.1) is 0 Å². The summed E-state index contributed by atoms with van der Waals surface area (Å²) in [6.07, 6.45) is 0. The molecule has 10 heteroatoms. The minimum absolute atomic E-state index is 1.28. The van der Waals surface area contributed by atoms with Crippen LogP contribution in [0.1, 0.15) is 0 Å². The zero-order valence-corrected chi connectivity index (χ0v) is 13.4. The molecular formula is C6H20O7Si3. The van der Waals surface area contributed by atoms with Crippen molar-refractivity contribution in [2.24, 2.45) is 0 Å². The highest BCUT2D eigenvalue weighted by atomic mass is 28.5. The lowest BCUT2D eigenvalue weighted by atomic mass is 11.8. The second kappa shape index (κ2) is 5.81. The van der Waals surface area contributed by atoms with E-state index in [0.717, 1.165) is 0 Å². The lowest BCUT2D eigenvalue weighted by molar-refractivity contribution is 0.0574. The molecule has 0 aliphatic rings. The van der Waals surface area contributed by atoms with E-state index in [0.29, 0.717) is 0 Å². The Morgan fingerprint density at radius 1 is 0.750 bits per heavy atom. The van der Waals surface area contributed by atoms with Crippen molar-refractivity contribution >= 4 is 26.4 Å². The van der Waals surface area contributed by atoms with Crippen LogP contribution in [0.5, 0.6) is 0 Å². The predicted octanol–water partition coefficient (Wildman–Crippen LogP) is -0.351. The van der Waals surface area contributed by atoms with Crippen LogP contribution in [0.15, 0.2) is 0 Å². The van der Waals surface area contributed by atoms with Crippen LogP contribution in [-0.4, -0.2) is 57.3 Å². The van der Waals surface area contributed by atoms with E-state index in [4.69, 9.17) is 21.5 Å². The van der Waals surface area contributed by atoms with Crippen LogP contribution >= 0.6 is 0 Å². The van der Waals surface area contributed by atoms with Gasteiger partial charge in [-0.05, 0) is 13.1 Å². The van der Waals surface area contributed by atoms with Crippen LogP contribution in [0.25, 0.3) is 0 Å². The maximum Gasteiger partial charge on any atom is 0.667 e. The largest absolute Gasteiger partial charge is 0.667 e. The van der Waals surface area contributed by atoms with Crippen molar-refractivity contribution in [3.63, 3.8) is 0 Å². The van der Waals surface area contributed by atoms with Gasteiger partial charge in [0.2, 0.25) is 0 Å². The Labute approximate surface area is 99.0 Å². The molecule has 0 aromatic rings. The molecule has 0 saturated heterocycles. The summed E-state index contributed by atoms with van der Waals surface area (Å²) >= 11 is 0. The minimum Gasteiger partial charge on any atom is -0.394 e. The van der Waals surface area contributed by atoms with E-state index in [1.165, 1.54) is 27.9 Å². The first kappa shape index (κ1) is 16.4. The van der Waals surface area contributed by atoms with Crippen LogP contribution in [0, 0.1) is 0 Å². The third-order valence-corrected chi connectivity index (χ3v) is 9.97. The van der Waals surface area contributed by atoms with Crippen molar-refractivity contribution in [1.29, 1.82) is 0 Å². The molecule has 0 bridgehead atoms. The summed E-state index contributed by atoms with van der Waals surface area (Å²) in [7, 11) is -5.72. The molecular weight excluding hydrogens is 268 g/mol. The lowest BCUT2D eigenvalue weighted by Gasteiger charge is -2.33. The molecule has 7 nitrogen and oxygen atoms in total. The van der Waals surface area contributed by atoms with Crippen molar-refractivity contribution in [2.75, 3.05) is 21.3 Å². The van der Waals surface area contributed by atoms with E-state index in [1.54, 1.807) is 13.1 Å². The van der Waals surface area contributed by atoms with Crippen LogP contribution < -0.4 is 0 Å². The molecule has 0 fully saturated rings. The average Bonchev–Trinajstić information content (AvgIpc) is 2.15. The summed E-state index contributed by atoms with van der Waals surface area (Å²) in [4.78, 5) is 19.5. The van der Waals surface area contributed by atoms with E-state index < -0.39 is 26.4 Å². The van der Waals surface area contributed by atoms with E-state index in [2.05, 4.69) is 0 Å². The molecule has 0 aliphatic heterocycles. The SMILES string of the molecule is CO[Si](C)(O)O[Si](C)(C)O[Si](O)(OC)OC. The first-order valence-corrected chi connectivity index (χ1v) is 11.4. The zero-order valence-electron chi connectivity index (χ0n) is 10.4. The number of hydrogen-bond acceptors (Lipinski definition) is 7. The van der Waals surface area contributed by atoms with Crippen molar-refractivity contribution in [3.8, 4) is 0 Å². The Hall–Kier alpha value is 0.371. The Bertz CT molecular complexity index is 218. The summed E-state index contributed by atoms with van der Waals surface area (Å²) in [6.45, 7) is 4.78. The third kappa shape index (κ3) is 5.63. The summed E-state index contributed by atoms with van der Waals surface area (Å²) < 4.78 is 25.1. The number of hydrogen-bond donors (Lipinski definition) is 2. The monoisotopic (exact) mass is 288 g/mol. The van der Waals surface area contributed by atoms with E-state index in [1.807, 2.05) is 0 Å². The third-order valence-electron chi connectivity index (χ3n) is 1.70. The first-order valence-electron chi connectivity index (χ1n) is 4.60. The van der Waals surface area contributed by atoms with Crippen LogP contribution in [0.2, 0.25) is 19.6 Å². The van der Waals surface area contributed by atoms with Crippen molar-refractivity contribution in [2.45, 2.75) is 19.6 Å². The topological polar surface area (TPSA) is 86.6 Å². The molecule has 2 N–H and O–H groups in total. The molecule has 16 heavy (non-hydrogen) atoms. The van der Waals surface area contributed by atoms with Crippen LogP contribution in [0.3, 0.4) is 0 Å².